The number of hydrogen-bond acceptors (Lipinski definition) is 6. The van der Waals surface area contributed by atoms with Crippen molar-refractivity contribution in [2.45, 2.75) is 39.7 Å². The Kier molecular flexibility index (Phi) is 10.7. The van der Waals surface area contributed by atoms with E-state index in [9.17, 15) is 9.59 Å². The maximum Gasteiger partial charge on any atom is 0.262 e. The van der Waals surface area contributed by atoms with Crippen molar-refractivity contribution in [2.24, 2.45) is 5.10 Å². The van der Waals surface area contributed by atoms with Crippen molar-refractivity contribution in [3.05, 3.63) is 52.0 Å². The van der Waals surface area contributed by atoms with Gasteiger partial charge in [-0.3, -0.25) is 9.59 Å². The zero-order chi connectivity index (χ0) is 24.2. The first kappa shape index (κ1) is 26.2. The molecule has 0 heterocycles. The molecule has 0 bridgehead atoms. The molecule has 0 fully saturated rings. The van der Waals surface area contributed by atoms with Gasteiger partial charge < -0.3 is 19.5 Å². The number of nitrogens with zero attached hydrogens (tertiary/aromatic N) is 1. The Labute approximate surface area is 202 Å². The lowest BCUT2D eigenvalue weighted by atomic mass is 10.2. The molecular formula is C24H30BrN3O5. The van der Waals surface area contributed by atoms with Gasteiger partial charge in [-0.25, -0.2) is 5.43 Å². The third-order valence-corrected chi connectivity index (χ3v) is 5.15. The van der Waals surface area contributed by atoms with Gasteiger partial charge in [0.2, 0.25) is 0 Å². The van der Waals surface area contributed by atoms with Crippen LogP contribution in [0, 0.1) is 0 Å². The van der Waals surface area contributed by atoms with Crippen LogP contribution in [0.3, 0.4) is 0 Å². The fourth-order valence-corrected chi connectivity index (χ4v) is 3.31. The van der Waals surface area contributed by atoms with E-state index in [0.29, 0.717) is 41.6 Å². The predicted octanol–water partition coefficient (Wildman–Crippen LogP) is 4.30. The zero-order valence-corrected chi connectivity index (χ0v) is 20.9. The van der Waals surface area contributed by atoms with Gasteiger partial charge in [0.25, 0.3) is 11.8 Å². The number of carbonyl (C=O) groups excluding carboxylic acids is 2. The quantitative estimate of drug-likeness (QED) is 0.247. The van der Waals surface area contributed by atoms with E-state index in [0.717, 1.165) is 17.3 Å². The van der Waals surface area contributed by atoms with Gasteiger partial charge in [0.15, 0.2) is 11.5 Å². The molecule has 0 radical (unpaired) electrons. The lowest BCUT2D eigenvalue weighted by Crippen LogP contribution is -2.43. The van der Waals surface area contributed by atoms with Crippen LogP contribution in [0.5, 0.6) is 17.2 Å². The average Bonchev–Trinajstić information content (AvgIpc) is 2.81. The van der Waals surface area contributed by atoms with E-state index in [4.69, 9.17) is 14.2 Å². The molecule has 8 nitrogen and oxygen atoms in total. The summed E-state index contributed by atoms with van der Waals surface area (Å²) in [6.07, 6.45) is 3.48. The minimum Gasteiger partial charge on any atom is -0.497 e. The molecule has 0 aromatic heterocycles. The maximum atomic E-state index is 12.3. The van der Waals surface area contributed by atoms with Gasteiger partial charge in [0.05, 0.1) is 31.0 Å². The van der Waals surface area contributed by atoms with Crippen molar-refractivity contribution in [1.82, 2.24) is 10.7 Å². The van der Waals surface area contributed by atoms with Gasteiger partial charge in [-0.1, -0.05) is 13.3 Å². The Balaban J connectivity index is 1.98. The van der Waals surface area contributed by atoms with Crippen molar-refractivity contribution in [2.75, 3.05) is 20.3 Å². The van der Waals surface area contributed by atoms with E-state index in [1.807, 2.05) is 13.0 Å². The number of halogens is 1. The summed E-state index contributed by atoms with van der Waals surface area (Å²) in [6, 6.07) is 9.45. The summed E-state index contributed by atoms with van der Waals surface area (Å²) in [5.74, 6) is 1.06. The summed E-state index contributed by atoms with van der Waals surface area (Å²) < 4.78 is 17.3. The SMILES string of the molecule is CCCCOc1c(Br)cc(C=NNC(=O)C(C)NC(=O)c2ccc(OC)cc2)cc1OCC. The number of methoxy groups -OCH3 is 1. The van der Waals surface area contributed by atoms with Crippen molar-refractivity contribution < 1.29 is 23.8 Å². The number of hydrogen-bond donors (Lipinski definition) is 2. The fraction of sp³-hybridized carbons (Fsp3) is 0.375. The zero-order valence-electron chi connectivity index (χ0n) is 19.3. The monoisotopic (exact) mass is 519 g/mol. The molecule has 0 spiro atoms. The number of hydrazone groups is 1. The molecule has 178 valence electrons. The molecule has 0 saturated heterocycles. The Morgan fingerprint density at radius 3 is 2.52 bits per heavy atom. The van der Waals surface area contributed by atoms with Crippen LogP contribution in [0.2, 0.25) is 0 Å². The highest BCUT2D eigenvalue weighted by atomic mass is 79.9. The topological polar surface area (TPSA) is 98.2 Å². The van der Waals surface area contributed by atoms with Crippen LogP contribution in [0.1, 0.15) is 49.5 Å². The Morgan fingerprint density at radius 2 is 1.88 bits per heavy atom. The fourth-order valence-electron chi connectivity index (χ4n) is 2.74. The summed E-state index contributed by atoms with van der Waals surface area (Å²) >= 11 is 3.51. The van der Waals surface area contributed by atoms with Crippen LogP contribution in [0.4, 0.5) is 0 Å². The van der Waals surface area contributed by atoms with Gasteiger partial charge >= 0.3 is 0 Å². The molecule has 33 heavy (non-hydrogen) atoms. The van der Waals surface area contributed by atoms with Gasteiger partial charge in [-0.05, 0) is 78.2 Å². The first-order valence-electron chi connectivity index (χ1n) is 10.8. The number of amides is 2. The van der Waals surface area contributed by atoms with Gasteiger partial charge in [-0.15, -0.1) is 0 Å². The van der Waals surface area contributed by atoms with Crippen LogP contribution in [0.15, 0.2) is 46.0 Å². The van der Waals surface area contributed by atoms with Crippen molar-refractivity contribution in [1.29, 1.82) is 0 Å². The number of benzene rings is 2. The van der Waals surface area contributed by atoms with Crippen molar-refractivity contribution in [3.63, 3.8) is 0 Å². The van der Waals surface area contributed by atoms with Gasteiger partial charge in [0.1, 0.15) is 11.8 Å². The summed E-state index contributed by atoms with van der Waals surface area (Å²) in [4.78, 5) is 24.6. The number of ether oxygens (including phenoxy) is 3. The second kappa shape index (κ2) is 13.5. The summed E-state index contributed by atoms with van der Waals surface area (Å²) in [5, 5.41) is 6.64. The normalized spacial score (nSPS) is 11.7. The molecule has 0 aliphatic heterocycles. The lowest BCUT2D eigenvalue weighted by molar-refractivity contribution is -0.122. The van der Waals surface area contributed by atoms with Crippen molar-refractivity contribution >= 4 is 34.0 Å². The molecule has 0 saturated carbocycles. The summed E-state index contributed by atoms with van der Waals surface area (Å²) in [6.45, 7) is 6.66. The largest absolute Gasteiger partial charge is 0.497 e. The lowest BCUT2D eigenvalue weighted by Gasteiger charge is -2.14. The molecular weight excluding hydrogens is 490 g/mol. The van der Waals surface area contributed by atoms with Crippen LogP contribution < -0.4 is 25.0 Å². The number of nitrogens with one attached hydrogen (secondary N) is 2. The third kappa shape index (κ3) is 8.09. The van der Waals surface area contributed by atoms with Gasteiger partial charge in [-0.2, -0.15) is 5.10 Å². The Bertz CT molecular complexity index is 963. The molecule has 2 amide bonds. The molecule has 2 rings (SSSR count). The molecule has 1 unspecified atom stereocenters. The van der Waals surface area contributed by atoms with Gasteiger partial charge in [0, 0.05) is 5.56 Å². The van der Waals surface area contributed by atoms with E-state index in [1.54, 1.807) is 44.4 Å². The minimum absolute atomic E-state index is 0.367. The molecule has 9 heteroatoms. The highest BCUT2D eigenvalue weighted by Crippen LogP contribution is 2.36. The van der Waals surface area contributed by atoms with E-state index < -0.39 is 11.9 Å². The standard InChI is InChI=1S/C24H30BrN3O5/c1-5-7-12-33-22-20(25)13-17(14-21(22)32-6-2)15-26-28-23(29)16(3)27-24(30)18-8-10-19(31-4)11-9-18/h8-11,13-16H,5-7,12H2,1-4H3,(H,27,30)(H,28,29). The van der Waals surface area contributed by atoms with Crippen molar-refractivity contribution in [3.8, 4) is 17.2 Å². The molecule has 0 aliphatic carbocycles. The number of rotatable bonds is 12. The maximum absolute atomic E-state index is 12.3. The first-order chi connectivity index (χ1) is 15.9. The van der Waals surface area contributed by atoms with Crippen LogP contribution in [-0.2, 0) is 4.79 Å². The molecule has 2 aromatic carbocycles. The smallest absolute Gasteiger partial charge is 0.262 e. The third-order valence-electron chi connectivity index (χ3n) is 4.56. The van der Waals surface area contributed by atoms with Crippen LogP contribution in [-0.4, -0.2) is 44.4 Å². The second-order valence-electron chi connectivity index (χ2n) is 7.12. The first-order valence-corrected chi connectivity index (χ1v) is 11.6. The molecule has 2 N–H and O–H groups in total. The minimum atomic E-state index is -0.781. The second-order valence-corrected chi connectivity index (χ2v) is 7.98. The molecule has 2 aromatic rings. The summed E-state index contributed by atoms with van der Waals surface area (Å²) in [5.41, 5.74) is 3.58. The van der Waals surface area contributed by atoms with E-state index >= 15 is 0 Å². The highest BCUT2D eigenvalue weighted by molar-refractivity contribution is 9.10. The van der Waals surface area contributed by atoms with E-state index in [-0.39, 0.29) is 5.91 Å². The average molecular weight is 520 g/mol. The highest BCUT2D eigenvalue weighted by Gasteiger charge is 2.16. The summed E-state index contributed by atoms with van der Waals surface area (Å²) in [7, 11) is 1.55. The van der Waals surface area contributed by atoms with Crippen LogP contribution in [0.25, 0.3) is 0 Å². The van der Waals surface area contributed by atoms with E-state index in [1.165, 1.54) is 6.21 Å². The van der Waals surface area contributed by atoms with Crippen LogP contribution >= 0.6 is 15.9 Å². The molecule has 0 aliphatic rings. The van der Waals surface area contributed by atoms with E-state index in [2.05, 4.69) is 38.7 Å². The number of unbranched alkanes of at least 4 members (excludes halogenated alkanes) is 1. The Morgan fingerprint density at radius 1 is 1.15 bits per heavy atom. The Hall–Kier alpha value is -3.07. The predicted molar refractivity (Wildman–Crippen MR) is 131 cm³/mol. The number of carbonyl (C=O) groups is 2. The molecule has 1 atom stereocenters.